The van der Waals surface area contributed by atoms with Crippen LogP contribution in [-0.4, -0.2) is 75.6 Å². The lowest BCUT2D eigenvalue weighted by Crippen LogP contribution is -2.42. The van der Waals surface area contributed by atoms with Crippen LogP contribution in [0.15, 0.2) is 47.6 Å². The number of hydrogen-bond acceptors (Lipinski definition) is 7. The van der Waals surface area contributed by atoms with Gasteiger partial charge in [0.05, 0.1) is 39.7 Å². The third-order valence-corrected chi connectivity index (χ3v) is 5.93. The minimum atomic E-state index is -0.361. The van der Waals surface area contributed by atoms with E-state index >= 15 is 0 Å². The summed E-state index contributed by atoms with van der Waals surface area (Å²) in [4.78, 5) is 27.4. The summed E-state index contributed by atoms with van der Waals surface area (Å²) in [6.07, 6.45) is 0.809. The van der Waals surface area contributed by atoms with Crippen molar-refractivity contribution >= 4 is 17.5 Å². The van der Waals surface area contributed by atoms with Crippen molar-refractivity contribution in [3.05, 3.63) is 53.6 Å². The van der Waals surface area contributed by atoms with Gasteiger partial charge in [0.15, 0.2) is 11.5 Å². The van der Waals surface area contributed by atoms with Crippen molar-refractivity contribution in [1.29, 1.82) is 0 Å². The molecule has 0 spiro atoms. The van der Waals surface area contributed by atoms with E-state index in [2.05, 4.69) is 0 Å². The molecule has 35 heavy (non-hydrogen) atoms. The number of methoxy groups -OCH3 is 4. The van der Waals surface area contributed by atoms with Crippen LogP contribution < -0.4 is 14.2 Å². The van der Waals surface area contributed by atoms with Gasteiger partial charge in [-0.3, -0.25) is 9.59 Å². The number of benzene rings is 2. The normalized spacial score (nSPS) is 14.9. The van der Waals surface area contributed by atoms with Gasteiger partial charge in [-0.2, -0.15) is 5.10 Å². The van der Waals surface area contributed by atoms with Crippen molar-refractivity contribution in [1.82, 2.24) is 9.91 Å². The molecule has 2 aromatic rings. The second kappa shape index (κ2) is 12.2. The molecule has 0 fully saturated rings. The van der Waals surface area contributed by atoms with E-state index in [1.54, 1.807) is 35.4 Å². The van der Waals surface area contributed by atoms with Crippen molar-refractivity contribution in [2.75, 3.05) is 48.1 Å². The summed E-state index contributed by atoms with van der Waals surface area (Å²) >= 11 is 0. The highest BCUT2D eigenvalue weighted by molar-refractivity contribution is 6.03. The molecule has 0 bridgehead atoms. The summed E-state index contributed by atoms with van der Waals surface area (Å²) in [5.41, 5.74) is 2.52. The van der Waals surface area contributed by atoms with E-state index in [0.717, 1.165) is 22.6 Å². The van der Waals surface area contributed by atoms with Crippen molar-refractivity contribution in [3.8, 4) is 17.2 Å². The number of nitrogens with zero attached hydrogens (tertiary/aromatic N) is 3. The molecule has 0 aliphatic carbocycles. The molecule has 2 aromatic carbocycles. The highest BCUT2D eigenvalue weighted by Crippen LogP contribution is 2.37. The summed E-state index contributed by atoms with van der Waals surface area (Å²) in [6.45, 7) is 2.37. The molecule has 9 nitrogen and oxygen atoms in total. The molecule has 0 saturated heterocycles. The monoisotopic (exact) mass is 483 g/mol. The van der Waals surface area contributed by atoms with E-state index in [0.29, 0.717) is 37.5 Å². The predicted octanol–water partition coefficient (Wildman–Crippen LogP) is 3.28. The number of rotatable bonds is 11. The summed E-state index contributed by atoms with van der Waals surface area (Å²) in [7, 11) is 6.33. The summed E-state index contributed by atoms with van der Waals surface area (Å²) in [5.74, 6) is 1.52. The van der Waals surface area contributed by atoms with E-state index in [1.165, 1.54) is 9.91 Å². The van der Waals surface area contributed by atoms with Crippen LogP contribution in [0.25, 0.3) is 0 Å². The minimum absolute atomic E-state index is 0.0841. The quantitative estimate of drug-likeness (QED) is 0.487. The maximum absolute atomic E-state index is 13.5. The molecule has 1 heterocycles. The first kappa shape index (κ1) is 26.0. The fraction of sp³-hybridized carbons (Fsp3) is 0.423. The molecule has 2 amide bonds. The molecule has 1 atom stereocenters. The molecule has 9 heteroatoms. The lowest BCUT2D eigenvalue weighted by molar-refractivity contribution is -0.141. The first-order valence-electron chi connectivity index (χ1n) is 11.5. The SMILES string of the molecule is CCC(=O)N(CCOC)CC(=O)N1N=C(c2ccc(OC)cc2)CC1c1ccc(OC)c(OC)c1. The molecule has 188 valence electrons. The molecule has 1 aliphatic rings. The van der Waals surface area contributed by atoms with Crippen LogP contribution in [0.5, 0.6) is 17.2 Å². The van der Waals surface area contributed by atoms with Gasteiger partial charge in [-0.25, -0.2) is 5.01 Å². The molecule has 1 aliphatic heterocycles. The summed E-state index contributed by atoms with van der Waals surface area (Å²) < 4.78 is 21.2. The fourth-order valence-corrected chi connectivity index (χ4v) is 3.97. The average Bonchev–Trinajstić information content (AvgIpc) is 3.35. The highest BCUT2D eigenvalue weighted by Gasteiger charge is 2.34. The van der Waals surface area contributed by atoms with Crippen molar-refractivity contribution in [2.24, 2.45) is 5.10 Å². The molecule has 0 saturated carbocycles. The molecular formula is C26H33N3O6. The number of hydrazone groups is 1. The van der Waals surface area contributed by atoms with Crippen LogP contribution in [0.3, 0.4) is 0 Å². The van der Waals surface area contributed by atoms with Gasteiger partial charge in [-0.05, 0) is 47.5 Å². The third kappa shape index (κ3) is 6.10. The third-order valence-electron chi connectivity index (χ3n) is 5.93. The van der Waals surface area contributed by atoms with E-state index in [1.807, 2.05) is 42.5 Å². The van der Waals surface area contributed by atoms with Gasteiger partial charge >= 0.3 is 0 Å². The Bertz CT molecular complexity index is 1050. The number of ether oxygens (including phenoxy) is 4. The van der Waals surface area contributed by atoms with Gasteiger partial charge in [0.25, 0.3) is 5.91 Å². The van der Waals surface area contributed by atoms with Crippen LogP contribution in [0, 0.1) is 0 Å². The second-order valence-electron chi connectivity index (χ2n) is 8.01. The number of carbonyl (C=O) groups is 2. The lowest BCUT2D eigenvalue weighted by Gasteiger charge is -2.27. The van der Waals surface area contributed by atoms with Gasteiger partial charge in [-0.1, -0.05) is 13.0 Å². The Balaban J connectivity index is 1.95. The highest BCUT2D eigenvalue weighted by atomic mass is 16.5. The zero-order valence-corrected chi connectivity index (χ0v) is 20.9. The number of amides is 2. The minimum Gasteiger partial charge on any atom is -0.497 e. The zero-order valence-electron chi connectivity index (χ0n) is 20.9. The lowest BCUT2D eigenvalue weighted by atomic mass is 9.98. The first-order valence-corrected chi connectivity index (χ1v) is 11.5. The molecule has 0 N–H and O–H groups in total. The molecule has 3 rings (SSSR count). The van der Waals surface area contributed by atoms with Crippen molar-refractivity contribution in [2.45, 2.75) is 25.8 Å². The Morgan fingerprint density at radius 3 is 2.31 bits per heavy atom. The standard InChI is InChI=1S/C26H33N3O6/c1-6-25(30)28(13-14-32-2)17-26(31)29-22(19-9-12-23(34-4)24(15-19)35-5)16-21(27-29)18-7-10-20(33-3)11-8-18/h7-12,15,22H,6,13-14,16-17H2,1-5H3. The first-order chi connectivity index (χ1) is 16.9. The van der Waals surface area contributed by atoms with E-state index in [4.69, 9.17) is 24.0 Å². The van der Waals surface area contributed by atoms with E-state index in [-0.39, 0.29) is 24.4 Å². The Morgan fingerprint density at radius 2 is 1.71 bits per heavy atom. The number of carbonyl (C=O) groups excluding carboxylic acids is 2. The summed E-state index contributed by atoms with van der Waals surface area (Å²) in [5, 5.41) is 6.18. The van der Waals surface area contributed by atoms with Gasteiger partial charge in [0, 0.05) is 26.5 Å². The Hall–Kier alpha value is -3.59. The van der Waals surface area contributed by atoms with Gasteiger partial charge in [-0.15, -0.1) is 0 Å². The Morgan fingerprint density at radius 1 is 1.00 bits per heavy atom. The maximum atomic E-state index is 13.5. The van der Waals surface area contributed by atoms with Gasteiger partial charge < -0.3 is 23.8 Å². The smallest absolute Gasteiger partial charge is 0.262 e. The number of hydrogen-bond donors (Lipinski definition) is 0. The largest absolute Gasteiger partial charge is 0.497 e. The molecule has 0 radical (unpaired) electrons. The van der Waals surface area contributed by atoms with E-state index in [9.17, 15) is 9.59 Å². The topological polar surface area (TPSA) is 89.9 Å². The maximum Gasteiger partial charge on any atom is 0.262 e. The van der Waals surface area contributed by atoms with Gasteiger partial charge in [0.2, 0.25) is 5.91 Å². The zero-order chi connectivity index (χ0) is 25.4. The van der Waals surface area contributed by atoms with E-state index < -0.39 is 0 Å². The Kier molecular flexibility index (Phi) is 9.08. The van der Waals surface area contributed by atoms with Crippen LogP contribution >= 0.6 is 0 Å². The van der Waals surface area contributed by atoms with Crippen molar-refractivity contribution in [3.63, 3.8) is 0 Å². The molecule has 0 aromatic heterocycles. The molecule has 1 unspecified atom stereocenters. The van der Waals surface area contributed by atoms with Crippen LogP contribution in [-0.2, 0) is 14.3 Å². The average molecular weight is 484 g/mol. The predicted molar refractivity (Wildman–Crippen MR) is 132 cm³/mol. The van der Waals surface area contributed by atoms with Gasteiger partial charge in [0.1, 0.15) is 12.3 Å². The molecular weight excluding hydrogens is 450 g/mol. The van der Waals surface area contributed by atoms with Crippen LogP contribution in [0.2, 0.25) is 0 Å². The Labute approximate surface area is 206 Å². The summed E-state index contributed by atoms with van der Waals surface area (Å²) in [6, 6.07) is 12.8. The van der Waals surface area contributed by atoms with Crippen LogP contribution in [0.1, 0.15) is 36.9 Å². The fourth-order valence-electron chi connectivity index (χ4n) is 3.97. The van der Waals surface area contributed by atoms with Crippen LogP contribution in [0.4, 0.5) is 0 Å². The second-order valence-corrected chi connectivity index (χ2v) is 8.01. The van der Waals surface area contributed by atoms with Crippen molar-refractivity contribution < 1.29 is 28.5 Å².